The predicted octanol–water partition coefficient (Wildman–Crippen LogP) is 4.72. The van der Waals surface area contributed by atoms with E-state index in [1.165, 1.54) is 17.8 Å². The van der Waals surface area contributed by atoms with Gasteiger partial charge in [0, 0.05) is 36.2 Å². The van der Waals surface area contributed by atoms with Crippen molar-refractivity contribution in [3.63, 3.8) is 0 Å². The van der Waals surface area contributed by atoms with Crippen LogP contribution in [0.5, 0.6) is 0 Å². The zero-order chi connectivity index (χ0) is 19.6. The molecule has 1 fully saturated rings. The van der Waals surface area contributed by atoms with E-state index in [0.29, 0.717) is 0 Å². The molecule has 0 unspecified atom stereocenters. The Labute approximate surface area is 168 Å². The second kappa shape index (κ2) is 7.56. The number of hydrogen-bond donors (Lipinski definition) is 1. The van der Waals surface area contributed by atoms with Crippen LogP contribution < -0.4 is 10.2 Å². The summed E-state index contributed by atoms with van der Waals surface area (Å²) in [7, 11) is 0. The van der Waals surface area contributed by atoms with Gasteiger partial charge in [0.25, 0.3) is 0 Å². The fraction of sp³-hybridized carbons (Fsp3) is 0.174. The van der Waals surface area contributed by atoms with Gasteiger partial charge in [-0.05, 0) is 60.7 Å². The third-order valence-corrected chi connectivity index (χ3v) is 5.15. The van der Waals surface area contributed by atoms with Crippen molar-refractivity contribution >= 4 is 22.8 Å². The van der Waals surface area contributed by atoms with Crippen LogP contribution in [0.1, 0.15) is 0 Å². The lowest BCUT2D eigenvalue weighted by Crippen LogP contribution is -2.36. The second-order valence-electron chi connectivity index (χ2n) is 7.02. The summed E-state index contributed by atoms with van der Waals surface area (Å²) in [5, 5.41) is 3.50. The number of halogens is 1. The topological polar surface area (TPSA) is 41.8 Å². The molecule has 5 nitrogen and oxygen atoms in total. The molecule has 0 atom stereocenters. The van der Waals surface area contributed by atoms with E-state index in [1.54, 1.807) is 12.1 Å². The summed E-state index contributed by atoms with van der Waals surface area (Å²) in [4.78, 5) is 7.08. The smallest absolute Gasteiger partial charge is 0.143 e. The Morgan fingerprint density at radius 3 is 2.41 bits per heavy atom. The number of ether oxygens (including phenoxy) is 1. The molecule has 146 valence electrons. The van der Waals surface area contributed by atoms with Crippen LogP contribution in [-0.2, 0) is 4.74 Å². The molecular weight excluding hydrogens is 367 g/mol. The van der Waals surface area contributed by atoms with Gasteiger partial charge in [0.15, 0.2) is 0 Å². The highest BCUT2D eigenvalue weighted by Gasteiger charge is 2.15. The average Bonchev–Trinajstić information content (AvgIpc) is 3.14. The fourth-order valence-electron chi connectivity index (χ4n) is 3.64. The molecule has 2 aromatic carbocycles. The number of morpholine rings is 1. The molecule has 1 saturated heterocycles. The molecule has 5 rings (SSSR count). The number of hydrogen-bond acceptors (Lipinski definition) is 4. The summed E-state index contributed by atoms with van der Waals surface area (Å²) in [6.45, 7) is 3.36. The van der Waals surface area contributed by atoms with E-state index < -0.39 is 0 Å². The van der Waals surface area contributed by atoms with Crippen LogP contribution in [0.4, 0.5) is 21.6 Å². The first-order valence-corrected chi connectivity index (χ1v) is 9.71. The molecule has 0 saturated carbocycles. The molecule has 0 radical (unpaired) electrons. The lowest BCUT2D eigenvalue weighted by atomic mass is 10.1. The Kier molecular flexibility index (Phi) is 4.62. The zero-order valence-electron chi connectivity index (χ0n) is 15.9. The van der Waals surface area contributed by atoms with Crippen LogP contribution in [0, 0.1) is 5.82 Å². The molecule has 6 heteroatoms. The molecule has 1 N–H and O–H groups in total. The summed E-state index contributed by atoms with van der Waals surface area (Å²) in [6.07, 6.45) is 1.97. The summed E-state index contributed by atoms with van der Waals surface area (Å²) >= 11 is 0. The van der Waals surface area contributed by atoms with E-state index in [1.807, 2.05) is 28.8 Å². The first-order valence-electron chi connectivity index (χ1n) is 9.71. The van der Waals surface area contributed by atoms with Crippen molar-refractivity contribution in [2.24, 2.45) is 0 Å². The molecule has 2 aromatic heterocycles. The summed E-state index contributed by atoms with van der Waals surface area (Å²) in [6, 6.07) is 20.7. The third kappa shape index (κ3) is 3.54. The normalized spacial score (nSPS) is 14.3. The van der Waals surface area contributed by atoms with Gasteiger partial charge in [-0.25, -0.2) is 9.37 Å². The molecule has 3 heterocycles. The standard InChI is InChI=1S/C23H21FN4O/c24-18-6-4-17(5-7-18)22-23(28-12-2-1-3-21(28)26-22)25-19-8-10-20(11-9-19)27-13-15-29-16-14-27/h1-12,25H,13-16H2. The predicted molar refractivity (Wildman–Crippen MR) is 113 cm³/mol. The molecule has 29 heavy (non-hydrogen) atoms. The van der Waals surface area contributed by atoms with Crippen molar-refractivity contribution in [1.82, 2.24) is 9.38 Å². The Morgan fingerprint density at radius 1 is 0.897 bits per heavy atom. The Morgan fingerprint density at radius 2 is 1.66 bits per heavy atom. The van der Waals surface area contributed by atoms with Gasteiger partial charge in [0.1, 0.15) is 23.0 Å². The van der Waals surface area contributed by atoms with Crippen LogP contribution in [0.15, 0.2) is 72.9 Å². The number of nitrogens with zero attached hydrogens (tertiary/aromatic N) is 3. The summed E-state index contributed by atoms with van der Waals surface area (Å²) in [5.74, 6) is 0.594. The molecule has 0 aliphatic carbocycles. The fourth-order valence-corrected chi connectivity index (χ4v) is 3.64. The first-order chi connectivity index (χ1) is 14.3. The number of rotatable bonds is 4. The molecule has 1 aliphatic heterocycles. The molecule has 0 spiro atoms. The number of anilines is 3. The van der Waals surface area contributed by atoms with Crippen LogP contribution >= 0.6 is 0 Å². The SMILES string of the molecule is Fc1ccc(-c2nc3ccccn3c2Nc2ccc(N3CCOCC3)cc2)cc1. The number of pyridine rings is 1. The molecule has 0 amide bonds. The minimum Gasteiger partial charge on any atom is -0.378 e. The quantitative estimate of drug-likeness (QED) is 0.549. The highest BCUT2D eigenvalue weighted by molar-refractivity contribution is 5.80. The number of benzene rings is 2. The van der Waals surface area contributed by atoms with Gasteiger partial charge in [0.2, 0.25) is 0 Å². The summed E-state index contributed by atoms with van der Waals surface area (Å²) in [5.41, 5.74) is 4.64. The lowest BCUT2D eigenvalue weighted by molar-refractivity contribution is 0.122. The maximum absolute atomic E-state index is 13.4. The number of fused-ring (bicyclic) bond motifs is 1. The van der Waals surface area contributed by atoms with Crippen LogP contribution in [0.2, 0.25) is 0 Å². The Hall–Kier alpha value is -3.38. The lowest BCUT2D eigenvalue weighted by Gasteiger charge is -2.28. The van der Waals surface area contributed by atoms with Crippen LogP contribution in [-0.4, -0.2) is 35.7 Å². The van der Waals surface area contributed by atoms with E-state index in [-0.39, 0.29) is 5.82 Å². The van der Waals surface area contributed by atoms with Gasteiger partial charge in [-0.3, -0.25) is 4.40 Å². The van der Waals surface area contributed by atoms with Crippen molar-refractivity contribution < 1.29 is 9.13 Å². The van der Waals surface area contributed by atoms with E-state index >= 15 is 0 Å². The van der Waals surface area contributed by atoms with E-state index in [4.69, 9.17) is 9.72 Å². The number of aromatic nitrogens is 2. The highest BCUT2D eigenvalue weighted by Crippen LogP contribution is 2.31. The van der Waals surface area contributed by atoms with Crippen LogP contribution in [0.3, 0.4) is 0 Å². The van der Waals surface area contributed by atoms with Crippen molar-refractivity contribution in [3.8, 4) is 11.3 Å². The van der Waals surface area contributed by atoms with Gasteiger partial charge < -0.3 is 15.0 Å². The molecule has 0 bridgehead atoms. The third-order valence-electron chi connectivity index (χ3n) is 5.15. The van der Waals surface area contributed by atoms with Gasteiger partial charge in [-0.1, -0.05) is 6.07 Å². The van der Waals surface area contributed by atoms with Gasteiger partial charge in [-0.15, -0.1) is 0 Å². The van der Waals surface area contributed by atoms with Crippen molar-refractivity contribution in [2.45, 2.75) is 0 Å². The van der Waals surface area contributed by atoms with Crippen LogP contribution in [0.25, 0.3) is 16.9 Å². The first kappa shape index (κ1) is 17.7. The van der Waals surface area contributed by atoms with Gasteiger partial charge >= 0.3 is 0 Å². The number of imidazole rings is 1. The van der Waals surface area contributed by atoms with Crippen molar-refractivity contribution in [1.29, 1.82) is 0 Å². The maximum atomic E-state index is 13.4. The van der Waals surface area contributed by atoms with E-state index in [0.717, 1.165) is 54.7 Å². The largest absolute Gasteiger partial charge is 0.378 e. The van der Waals surface area contributed by atoms with E-state index in [9.17, 15) is 4.39 Å². The minimum absolute atomic E-state index is 0.259. The zero-order valence-corrected chi connectivity index (χ0v) is 15.9. The van der Waals surface area contributed by atoms with Crippen molar-refractivity contribution in [2.75, 3.05) is 36.5 Å². The highest BCUT2D eigenvalue weighted by atomic mass is 19.1. The molecule has 1 aliphatic rings. The number of nitrogens with one attached hydrogen (secondary N) is 1. The minimum atomic E-state index is -0.259. The maximum Gasteiger partial charge on any atom is 0.143 e. The average molecular weight is 388 g/mol. The Bertz CT molecular complexity index is 1120. The van der Waals surface area contributed by atoms with Gasteiger partial charge in [-0.2, -0.15) is 0 Å². The summed E-state index contributed by atoms with van der Waals surface area (Å²) < 4.78 is 20.8. The molecule has 4 aromatic rings. The Balaban J connectivity index is 1.49. The van der Waals surface area contributed by atoms with Gasteiger partial charge in [0.05, 0.1) is 13.2 Å². The van der Waals surface area contributed by atoms with Crippen molar-refractivity contribution in [3.05, 3.63) is 78.7 Å². The van der Waals surface area contributed by atoms with E-state index in [2.05, 4.69) is 34.5 Å². The monoisotopic (exact) mass is 388 g/mol. The molecular formula is C23H21FN4O. The second-order valence-corrected chi connectivity index (χ2v) is 7.02.